The second kappa shape index (κ2) is 33.1. The normalized spacial score (nSPS) is 32.4. The van der Waals surface area contributed by atoms with E-state index in [-0.39, 0.29) is 135 Å². The number of hydrogen-bond donors (Lipinski definition) is 8. The number of hydrogen-bond acceptors (Lipinski definition) is 17. The van der Waals surface area contributed by atoms with Crippen LogP contribution in [0.5, 0.6) is 0 Å². The fourth-order valence-corrected chi connectivity index (χ4v) is 10.0. The first-order valence-corrected chi connectivity index (χ1v) is 26.4. The summed E-state index contributed by atoms with van der Waals surface area (Å²) in [5.74, 6) is -0.0698. The Labute approximate surface area is 425 Å². The summed E-state index contributed by atoms with van der Waals surface area (Å²) in [4.78, 5) is 54.0. The minimum Gasteiger partial charge on any atom is -0.415 e. The van der Waals surface area contributed by atoms with Crippen molar-refractivity contribution in [2.45, 2.75) is 57.1 Å². The summed E-state index contributed by atoms with van der Waals surface area (Å²) in [6.07, 6.45) is 3.86. The van der Waals surface area contributed by atoms with E-state index < -0.39 is 83.1 Å². The van der Waals surface area contributed by atoms with Crippen LogP contribution in [0.25, 0.3) is 0 Å². The fraction of sp³-hybridized carbons (Fsp3) is 0.857. The monoisotopic (exact) mass is 1210 g/mol. The van der Waals surface area contributed by atoms with Gasteiger partial charge >= 0.3 is 46.3 Å². The zero-order chi connectivity index (χ0) is 45.2. The molecule has 9 radical (unpaired) electrons. The van der Waals surface area contributed by atoms with Crippen molar-refractivity contribution >= 4 is 87.9 Å². The Morgan fingerprint density at radius 3 is 1.07 bits per heavy atom. The molecule has 3 aliphatic rings. The minimum absolute atomic E-state index is 0. The van der Waals surface area contributed by atoms with Gasteiger partial charge in [0.2, 0.25) is 0 Å². The molecule has 0 aromatic rings. The number of ether oxygens (including phenoxy) is 3. The molecule has 3 aliphatic heterocycles. The molecule has 8 N–H and O–H groups in total. The first kappa shape index (κ1) is 66.8. The molecule has 0 saturated carbocycles. The zero-order valence-electron chi connectivity index (χ0n) is 33.9. The molecule has 0 aromatic carbocycles. The Hall–Kier alpha value is 4.49. The molecule has 0 aromatic heterocycles. The number of phosphoric ester groups is 2. The average Bonchev–Trinajstić information content (AvgIpc) is 3.60. The van der Waals surface area contributed by atoms with Gasteiger partial charge in [0.25, 0.3) is 0 Å². The Balaban J connectivity index is -0.000000235. The predicted octanol–water partition coefficient (Wildman–Crippen LogP) is 3.78. The molecule has 3 heterocycles. The second-order valence-electron chi connectivity index (χ2n) is 11.5. The van der Waals surface area contributed by atoms with Gasteiger partial charge < -0.3 is 67.4 Å². The summed E-state index contributed by atoms with van der Waals surface area (Å²) < 4.78 is 119. The molecule has 0 bridgehead atoms. The van der Waals surface area contributed by atoms with E-state index in [9.17, 15) is 32.3 Å². The third kappa shape index (κ3) is 36.6. The van der Waals surface area contributed by atoms with Crippen LogP contribution in [-0.4, -0.2) is 129 Å². The maximum atomic E-state index is 11.5. The van der Waals surface area contributed by atoms with Gasteiger partial charge in [-0.1, -0.05) is 38.8 Å². The van der Waals surface area contributed by atoms with Crippen molar-refractivity contribution in [2.24, 2.45) is 17.8 Å². The van der Waals surface area contributed by atoms with E-state index in [0.29, 0.717) is 6.66 Å². The molecular weight excluding hydrogens is 1160 g/mol. The Kier molecular flexibility index (Phi) is 38.1. The van der Waals surface area contributed by atoms with Crippen molar-refractivity contribution in [2.75, 3.05) is 39.8 Å². The van der Waals surface area contributed by atoms with Crippen molar-refractivity contribution in [1.82, 2.24) is 0 Å². The van der Waals surface area contributed by atoms with Gasteiger partial charge in [-0.05, 0) is 18.1 Å². The SMILES string of the molecule is [2H]N=P.[3H]N=P.[B][C@H]1[CH-][C@@H](C)[C@@H](COP(=O)(O)OP(=O)(O)OP(C)(=O)O)O1.[B][C@H]1[CH-][C@@H](C)[C@@H](COP(=O)(O)OP(C)(=O)O)O1.[B][C@H]1[CH-][C@@H](C)[C@@H](COP(C)(=O)O)O1.[Y].[Y].[Y]. The van der Waals surface area contributed by atoms with Crippen molar-refractivity contribution in [3.63, 3.8) is 0 Å². The maximum absolute atomic E-state index is 11.5. The number of phosphoric acid groups is 3. The molecular formula is C21H46B3N2O21P8Y3-3. The molecule has 6 unspecified atom stereocenters. The van der Waals surface area contributed by atoms with Crippen LogP contribution in [0.15, 0.2) is 0 Å². The van der Waals surface area contributed by atoms with Crippen molar-refractivity contribution in [3.8, 4) is 0 Å². The Bertz CT molecular complexity index is 1530. The van der Waals surface area contributed by atoms with Crippen LogP contribution in [0.3, 0.4) is 0 Å². The molecule has 327 valence electrons. The summed E-state index contributed by atoms with van der Waals surface area (Å²) >= 11 is 0. The van der Waals surface area contributed by atoms with Gasteiger partial charge in [0.1, 0.15) is 0 Å². The third-order valence-electron chi connectivity index (χ3n) is 6.23. The largest absolute Gasteiger partial charge is 0.488 e. The molecule has 23 nitrogen and oxygen atoms in total. The van der Waals surface area contributed by atoms with Gasteiger partial charge in [0, 0.05) is 118 Å². The average molecular weight is 1210 g/mol. The zero-order valence-corrected chi connectivity index (χ0v) is 47.8. The summed E-state index contributed by atoms with van der Waals surface area (Å²) in [6.45, 7) is 7.42. The van der Waals surface area contributed by atoms with Crippen molar-refractivity contribution in [1.29, 1.82) is 10.3 Å². The van der Waals surface area contributed by atoms with Gasteiger partial charge in [-0.15, -0.1) is 17.8 Å². The summed E-state index contributed by atoms with van der Waals surface area (Å²) in [5.41, 5.74) is 0. The van der Waals surface area contributed by atoms with E-state index in [1.807, 2.05) is 13.3 Å². The summed E-state index contributed by atoms with van der Waals surface area (Å²) in [5, 5.41) is 5.11. The molecule has 0 spiro atoms. The van der Waals surface area contributed by atoms with Crippen molar-refractivity contribution in [3.05, 3.63) is 19.3 Å². The first-order chi connectivity index (χ1) is 25.6. The molecule has 15 atom stereocenters. The van der Waals surface area contributed by atoms with Crippen LogP contribution in [-0.2, 0) is 166 Å². The maximum Gasteiger partial charge on any atom is 0.488 e. The van der Waals surface area contributed by atoms with E-state index in [1.54, 1.807) is 26.7 Å². The van der Waals surface area contributed by atoms with Gasteiger partial charge in [-0.3, -0.25) is 33.1 Å². The Morgan fingerprint density at radius 1 is 0.603 bits per heavy atom. The van der Waals surface area contributed by atoms with Crippen LogP contribution < -0.4 is 0 Å². The topological polar surface area (TPSA) is 355 Å². The molecule has 0 amide bonds. The van der Waals surface area contributed by atoms with Gasteiger partial charge in [-0.2, -0.15) is 4.31 Å². The summed E-state index contributed by atoms with van der Waals surface area (Å²) in [6, 6.07) is -1.59. The van der Waals surface area contributed by atoms with E-state index >= 15 is 0 Å². The van der Waals surface area contributed by atoms with Gasteiger partial charge in [0.05, 0.1) is 61.7 Å². The van der Waals surface area contributed by atoms with E-state index in [4.69, 9.17) is 69.6 Å². The van der Waals surface area contributed by atoms with Gasteiger partial charge in [-0.25, -0.2) is 22.3 Å². The van der Waals surface area contributed by atoms with Crippen LogP contribution >= 0.6 is 64.3 Å². The van der Waals surface area contributed by atoms with Gasteiger partial charge in [0.15, 0.2) is 2.82 Å². The molecule has 3 fully saturated rings. The number of nitrogens with one attached hydrogen (secondary N) is 2. The minimum atomic E-state index is -5.25. The second-order valence-corrected chi connectivity index (χ2v) is 21.9. The quantitative estimate of drug-likeness (QED) is 0.0657. The smallest absolute Gasteiger partial charge is 0.415 e. The van der Waals surface area contributed by atoms with E-state index in [2.05, 4.69) is 50.4 Å². The van der Waals surface area contributed by atoms with Crippen LogP contribution in [0.4, 0.5) is 0 Å². The fourth-order valence-electron chi connectivity index (χ4n) is 4.08. The number of rotatable bonds is 15. The van der Waals surface area contributed by atoms with Crippen LogP contribution in [0.1, 0.15) is 20.8 Å². The molecule has 3 saturated heterocycles. The van der Waals surface area contributed by atoms with Crippen LogP contribution in [0.2, 0.25) is 2.82 Å². The van der Waals surface area contributed by atoms with E-state index in [1.165, 1.54) is 0 Å². The molecule has 0 aliphatic carbocycles. The first-order valence-electron chi connectivity index (χ1n) is 15.9. The summed E-state index contributed by atoms with van der Waals surface area (Å²) in [7, 11) is -5.32. The third-order valence-corrected chi connectivity index (χ3v) is 13.5. The molecule has 3 rings (SSSR count). The molecule has 58 heavy (non-hydrogen) atoms. The predicted molar refractivity (Wildman–Crippen MR) is 204 cm³/mol. The van der Waals surface area contributed by atoms with E-state index in [0.717, 1.165) is 13.3 Å². The Morgan fingerprint density at radius 2 is 0.845 bits per heavy atom. The molecule has 37 heteroatoms. The standard InChI is InChI=1S/C7H15BO10P3.C7H14BO7P2.C7H13BO4P.2H2NP.3Y/c1-5-3-7(8)16-6(5)4-15-20(11,12)18-21(13,14)17-19(2,9)10;1-5-3-7(8)14-6(5)4-13-17(11,12)15-16(2,9)10;1-5-3-7(8)12-6(5)4-11-13(2,9)10;2*1-2;;;/h3,5-7H,4H2,1-2H3,(H,9,10)(H,11,12)(H,13,14);3,5-7H,4H2,1-2H3,(H,9,10)(H,11,12);3,5-7H,4H2,1-2H3,(H,9,10);2*1-2H;;;/q3*-1;;;;;/t3*5-,6-,7-;;;;;/m111...../s1/i/hTD. The van der Waals surface area contributed by atoms with Crippen LogP contribution in [0, 0.1) is 47.3 Å². The van der Waals surface area contributed by atoms with Crippen molar-refractivity contribution < 1.29 is 198 Å².